The SMILES string of the molecule is CC1C(c2ccc(C(N)=O)c(C(=O)O)c2)=CC=C(C(N)=O)C1C(=O)O. The minimum atomic E-state index is -1.33. The van der Waals surface area contributed by atoms with Crippen LogP contribution in [0.4, 0.5) is 0 Å². The number of nitrogens with two attached hydrogens (primary N) is 2. The molecule has 8 nitrogen and oxygen atoms in total. The predicted octanol–water partition coefficient (Wildman–Crippen LogP) is 0.629. The van der Waals surface area contributed by atoms with E-state index in [1.807, 2.05) is 0 Å². The van der Waals surface area contributed by atoms with E-state index in [-0.39, 0.29) is 16.7 Å². The highest BCUT2D eigenvalue weighted by molar-refractivity contribution is 6.05. The summed E-state index contributed by atoms with van der Waals surface area (Å²) in [5.74, 6) is -6.04. The van der Waals surface area contributed by atoms with Crippen molar-refractivity contribution in [2.75, 3.05) is 0 Å². The quantitative estimate of drug-likeness (QED) is 0.612. The summed E-state index contributed by atoms with van der Waals surface area (Å²) in [5.41, 5.74) is 10.9. The average Bonchev–Trinajstić information content (AvgIpc) is 2.53. The number of carboxylic acids is 2. The van der Waals surface area contributed by atoms with Crippen LogP contribution >= 0.6 is 0 Å². The second-order valence-electron chi connectivity index (χ2n) is 5.64. The van der Waals surface area contributed by atoms with E-state index in [1.54, 1.807) is 6.92 Å². The first-order valence-electron chi connectivity index (χ1n) is 7.27. The number of primary amides is 2. The third-order valence-corrected chi connectivity index (χ3v) is 4.17. The number of amides is 2. The molecule has 8 heteroatoms. The van der Waals surface area contributed by atoms with Gasteiger partial charge in [-0.2, -0.15) is 0 Å². The second-order valence-corrected chi connectivity index (χ2v) is 5.64. The van der Waals surface area contributed by atoms with Gasteiger partial charge in [0.2, 0.25) is 11.8 Å². The zero-order valence-corrected chi connectivity index (χ0v) is 13.2. The van der Waals surface area contributed by atoms with E-state index in [9.17, 15) is 29.4 Å². The predicted molar refractivity (Wildman–Crippen MR) is 87.5 cm³/mol. The van der Waals surface area contributed by atoms with Gasteiger partial charge in [-0.1, -0.05) is 25.1 Å². The number of hydrogen-bond acceptors (Lipinski definition) is 4. The number of carboxylic acid groups (broad SMARTS) is 2. The highest BCUT2D eigenvalue weighted by atomic mass is 16.4. The Labute approximate surface area is 142 Å². The van der Waals surface area contributed by atoms with Crippen LogP contribution in [0.25, 0.3) is 5.57 Å². The van der Waals surface area contributed by atoms with Gasteiger partial charge >= 0.3 is 11.9 Å². The molecule has 2 rings (SSSR count). The van der Waals surface area contributed by atoms with Crippen molar-refractivity contribution in [1.29, 1.82) is 0 Å². The van der Waals surface area contributed by atoms with Gasteiger partial charge in [-0.05, 0) is 29.2 Å². The molecular weight excluding hydrogens is 328 g/mol. The lowest BCUT2D eigenvalue weighted by Gasteiger charge is -2.27. The summed E-state index contributed by atoms with van der Waals surface area (Å²) >= 11 is 0. The van der Waals surface area contributed by atoms with Gasteiger partial charge in [0.25, 0.3) is 0 Å². The van der Waals surface area contributed by atoms with Crippen molar-refractivity contribution >= 4 is 29.3 Å². The first-order chi connectivity index (χ1) is 11.6. The van der Waals surface area contributed by atoms with Gasteiger partial charge in [-0.25, -0.2) is 4.79 Å². The van der Waals surface area contributed by atoms with E-state index in [0.29, 0.717) is 11.1 Å². The lowest BCUT2D eigenvalue weighted by Crippen LogP contribution is -2.33. The summed E-state index contributed by atoms with van der Waals surface area (Å²) in [6.07, 6.45) is 2.84. The van der Waals surface area contributed by atoms with Crippen LogP contribution in [0.15, 0.2) is 35.9 Å². The van der Waals surface area contributed by atoms with Crippen molar-refractivity contribution in [1.82, 2.24) is 0 Å². The largest absolute Gasteiger partial charge is 0.481 e. The molecule has 0 aliphatic heterocycles. The first kappa shape index (κ1) is 17.9. The maximum atomic E-state index is 11.5. The van der Waals surface area contributed by atoms with Crippen molar-refractivity contribution in [2.45, 2.75) is 6.92 Å². The van der Waals surface area contributed by atoms with Crippen molar-refractivity contribution in [2.24, 2.45) is 23.3 Å². The van der Waals surface area contributed by atoms with Crippen LogP contribution in [0.2, 0.25) is 0 Å². The summed E-state index contributed by atoms with van der Waals surface area (Å²) in [7, 11) is 0. The molecule has 1 aliphatic rings. The molecule has 0 spiro atoms. The molecule has 0 fully saturated rings. The van der Waals surface area contributed by atoms with Crippen LogP contribution < -0.4 is 11.5 Å². The Morgan fingerprint density at radius 3 is 2.08 bits per heavy atom. The standard InChI is InChI=1S/C17H16N2O6/c1-7-9(4-5-11(15(19)21)13(7)17(24)25)8-2-3-10(14(18)20)12(6-8)16(22)23/h2-7,13H,1H3,(H2,18,20)(H2,19,21)(H,22,23)(H,24,25). The number of carbonyl (C=O) groups excluding carboxylic acids is 2. The number of allylic oxidation sites excluding steroid dienone is 3. The molecule has 0 saturated carbocycles. The van der Waals surface area contributed by atoms with E-state index in [0.717, 1.165) is 0 Å². The molecule has 2 amide bonds. The molecule has 1 aromatic carbocycles. The van der Waals surface area contributed by atoms with Gasteiger partial charge < -0.3 is 21.7 Å². The average molecular weight is 344 g/mol. The molecular formula is C17H16N2O6. The van der Waals surface area contributed by atoms with Crippen molar-refractivity contribution < 1.29 is 29.4 Å². The fourth-order valence-electron chi connectivity index (χ4n) is 2.94. The summed E-state index contributed by atoms with van der Waals surface area (Å²) in [5, 5.41) is 18.7. The molecule has 0 saturated heterocycles. The summed E-state index contributed by atoms with van der Waals surface area (Å²) < 4.78 is 0. The summed E-state index contributed by atoms with van der Waals surface area (Å²) in [6, 6.07) is 4.02. The molecule has 130 valence electrons. The Bertz CT molecular complexity index is 853. The zero-order chi connectivity index (χ0) is 18.9. The van der Waals surface area contributed by atoms with Crippen molar-refractivity contribution in [3.05, 3.63) is 52.6 Å². The Morgan fingerprint density at radius 1 is 0.960 bits per heavy atom. The van der Waals surface area contributed by atoms with E-state index in [1.165, 1.54) is 30.4 Å². The molecule has 0 radical (unpaired) electrons. The smallest absolute Gasteiger partial charge is 0.336 e. The minimum Gasteiger partial charge on any atom is -0.481 e. The maximum absolute atomic E-state index is 11.5. The number of hydrogen-bond donors (Lipinski definition) is 4. The van der Waals surface area contributed by atoms with Crippen LogP contribution in [0.1, 0.15) is 33.2 Å². The molecule has 25 heavy (non-hydrogen) atoms. The Kier molecular flexibility index (Phi) is 4.73. The molecule has 1 aromatic rings. The van der Waals surface area contributed by atoms with Crippen LogP contribution in [0.5, 0.6) is 0 Å². The van der Waals surface area contributed by atoms with Crippen LogP contribution in [-0.2, 0) is 9.59 Å². The number of rotatable bonds is 5. The molecule has 0 heterocycles. The Balaban J connectivity index is 2.60. The zero-order valence-electron chi connectivity index (χ0n) is 13.2. The lowest BCUT2D eigenvalue weighted by atomic mass is 9.75. The minimum absolute atomic E-state index is 0.0315. The van der Waals surface area contributed by atoms with Crippen molar-refractivity contribution in [3.8, 4) is 0 Å². The van der Waals surface area contributed by atoms with Gasteiger partial charge in [-0.15, -0.1) is 0 Å². The van der Waals surface area contributed by atoms with E-state index >= 15 is 0 Å². The van der Waals surface area contributed by atoms with Crippen LogP contribution in [0, 0.1) is 11.8 Å². The maximum Gasteiger partial charge on any atom is 0.336 e. The molecule has 0 aromatic heterocycles. The molecule has 6 N–H and O–H groups in total. The van der Waals surface area contributed by atoms with Crippen LogP contribution in [0.3, 0.4) is 0 Å². The number of aliphatic carboxylic acids is 1. The third-order valence-electron chi connectivity index (χ3n) is 4.17. The Hall–Kier alpha value is -3.42. The molecule has 2 atom stereocenters. The third kappa shape index (κ3) is 3.27. The topological polar surface area (TPSA) is 161 Å². The Morgan fingerprint density at radius 2 is 1.60 bits per heavy atom. The van der Waals surface area contributed by atoms with Crippen LogP contribution in [-0.4, -0.2) is 34.0 Å². The van der Waals surface area contributed by atoms with E-state index in [4.69, 9.17) is 11.5 Å². The molecule has 0 bridgehead atoms. The summed E-state index contributed by atoms with van der Waals surface area (Å²) in [4.78, 5) is 45.7. The highest BCUT2D eigenvalue weighted by Gasteiger charge is 2.36. The number of carbonyl (C=O) groups is 4. The molecule has 1 aliphatic carbocycles. The van der Waals surface area contributed by atoms with Gasteiger partial charge in [0.05, 0.1) is 17.0 Å². The van der Waals surface area contributed by atoms with Gasteiger partial charge in [0, 0.05) is 5.57 Å². The normalized spacial score (nSPS) is 19.6. The monoisotopic (exact) mass is 344 g/mol. The van der Waals surface area contributed by atoms with Crippen molar-refractivity contribution in [3.63, 3.8) is 0 Å². The van der Waals surface area contributed by atoms with E-state index in [2.05, 4.69) is 0 Å². The fourth-order valence-corrected chi connectivity index (χ4v) is 2.94. The molecule has 2 unspecified atom stereocenters. The van der Waals surface area contributed by atoms with Gasteiger partial charge in [-0.3, -0.25) is 14.4 Å². The highest BCUT2D eigenvalue weighted by Crippen LogP contribution is 2.37. The van der Waals surface area contributed by atoms with Gasteiger partial charge in [0.1, 0.15) is 0 Å². The number of aromatic carboxylic acids is 1. The second kappa shape index (κ2) is 6.60. The summed E-state index contributed by atoms with van der Waals surface area (Å²) in [6.45, 7) is 1.60. The fraction of sp³-hybridized carbons (Fsp3) is 0.176. The van der Waals surface area contributed by atoms with E-state index < -0.39 is 35.6 Å². The van der Waals surface area contributed by atoms with Gasteiger partial charge in [0.15, 0.2) is 0 Å². The first-order valence-corrected chi connectivity index (χ1v) is 7.27. The lowest BCUT2D eigenvalue weighted by molar-refractivity contribution is -0.142. The number of benzene rings is 1.